The summed E-state index contributed by atoms with van der Waals surface area (Å²) in [5, 5.41) is 9.76. The topological polar surface area (TPSA) is 80.0 Å². The second-order valence-electron chi connectivity index (χ2n) is 6.78. The maximum Gasteiger partial charge on any atom is 0.227 e. The molecule has 3 rings (SSSR count). The first kappa shape index (κ1) is 21.1. The number of halogens is 1. The molecule has 0 saturated heterocycles. The van der Waals surface area contributed by atoms with E-state index in [0.29, 0.717) is 33.2 Å². The molecule has 0 saturated carbocycles. The molecule has 0 aliphatic carbocycles. The summed E-state index contributed by atoms with van der Waals surface area (Å²) in [7, 11) is 9.48. The Labute approximate surface area is 178 Å². The van der Waals surface area contributed by atoms with Crippen LogP contribution in [0.3, 0.4) is 0 Å². The lowest BCUT2D eigenvalue weighted by molar-refractivity contribution is 0.102. The molecule has 10 heteroatoms. The smallest absolute Gasteiger partial charge is 0.227 e. The number of anilines is 2. The predicted octanol–water partition coefficient (Wildman–Crippen LogP) is 3.03. The third-order valence-corrected chi connectivity index (χ3v) is 5.39. The minimum absolute atomic E-state index is 0.00282. The van der Waals surface area contributed by atoms with Gasteiger partial charge in [-0.3, -0.25) is 4.79 Å². The summed E-state index contributed by atoms with van der Waals surface area (Å²) in [6, 6.07) is 8.73. The number of carbonyl (C=O) groups excluding carboxylic acids is 1. The van der Waals surface area contributed by atoms with Crippen molar-refractivity contribution in [2.24, 2.45) is 7.05 Å². The van der Waals surface area contributed by atoms with Crippen LogP contribution in [0.4, 0.5) is 11.8 Å². The monoisotopic (exact) mass is 431 g/mol. The minimum Gasteiger partial charge on any atom is -0.363 e. The van der Waals surface area contributed by atoms with E-state index in [1.54, 1.807) is 24.3 Å². The van der Waals surface area contributed by atoms with Crippen molar-refractivity contribution in [2.75, 3.05) is 43.7 Å². The number of ketones is 1. The summed E-state index contributed by atoms with van der Waals surface area (Å²) in [6.45, 7) is 0. The molecule has 0 amide bonds. The van der Waals surface area contributed by atoms with Crippen LogP contribution in [0.2, 0.25) is 5.02 Å². The van der Waals surface area contributed by atoms with Crippen molar-refractivity contribution in [3.05, 3.63) is 40.9 Å². The number of carbonyl (C=O) groups is 1. The van der Waals surface area contributed by atoms with E-state index in [1.165, 1.54) is 11.8 Å². The molecule has 1 aromatic carbocycles. The lowest BCUT2D eigenvalue weighted by Crippen LogP contribution is -2.17. The first-order valence-corrected chi connectivity index (χ1v) is 10.2. The maximum atomic E-state index is 12.4. The van der Waals surface area contributed by atoms with Crippen LogP contribution in [-0.4, -0.2) is 64.5 Å². The lowest BCUT2D eigenvalue weighted by Gasteiger charge is -2.17. The number of benzene rings is 1. The van der Waals surface area contributed by atoms with E-state index >= 15 is 0 Å². The highest BCUT2D eigenvalue weighted by Crippen LogP contribution is 2.25. The zero-order valence-electron chi connectivity index (χ0n) is 16.9. The normalized spacial score (nSPS) is 10.8. The van der Waals surface area contributed by atoms with E-state index < -0.39 is 0 Å². The van der Waals surface area contributed by atoms with Gasteiger partial charge in [-0.25, -0.2) is 4.98 Å². The van der Waals surface area contributed by atoms with Gasteiger partial charge in [0.15, 0.2) is 16.8 Å². The van der Waals surface area contributed by atoms with Gasteiger partial charge in [-0.15, -0.1) is 10.2 Å². The third-order valence-electron chi connectivity index (χ3n) is 4.12. The maximum absolute atomic E-state index is 12.4. The van der Waals surface area contributed by atoms with E-state index in [-0.39, 0.29) is 11.5 Å². The molecule has 8 nitrogen and oxygen atoms in total. The second kappa shape index (κ2) is 8.79. The van der Waals surface area contributed by atoms with Crippen LogP contribution in [-0.2, 0) is 7.05 Å². The summed E-state index contributed by atoms with van der Waals surface area (Å²) < 4.78 is 1.83. The fourth-order valence-electron chi connectivity index (χ4n) is 2.48. The highest BCUT2D eigenvalue weighted by atomic mass is 35.5. The quantitative estimate of drug-likeness (QED) is 0.417. The van der Waals surface area contributed by atoms with Gasteiger partial charge < -0.3 is 14.4 Å². The molecule has 0 bridgehead atoms. The van der Waals surface area contributed by atoms with E-state index in [0.717, 1.165) is 5.82 Å². The SMILES string of the molecule is CN(C)c1cc(-c2nnc(SCC(=O)c3ccc(Cl)cc3)n2C)nc(N(C)C)n1. The van der Waals surface area contributed by atoms with Crippen LogP contribution in [0.25, 0.3) is 11.5 Å². The molecule has 0 aliphatic heterocycles. The Morgan fingerprint density at radius 3 is 2.38 bits per heavy atom. The summed E-state index contributed by atoms with van der Waals surface area (Å²) in [4.78, 5) is 25.3. The first-order valence-electron chi connectivity index (χ1n) is 8.81. The number of thioether (sulfide) groups is 1. The minimum atomic E-state index is 0.00282. The van der Waals surface area contributed by atoms with Gasteiger partial charge in [-0.2, -0.15) is 4.98 Å². The van der Waals surface area contributed by atoms with Gasteiger partial charge in [0.25, 0.3) is 0 Å². The van der Waals surface area contributed by atoms with Crippen molar-refractivity contribution < 1.29 is 4.79 Å². The highest BCUT2D eigenvalue weighted by molar-refractivity contribution is 7.99. The zero-order valence-corrected chi connectivity index (χ0v) is 18.5. The van der Waals surface area contributed by atoms with Crippen molar-refractivity contribution in [3.63, 3.8) is 0 Å². The van der Waals surface area contributed by atoms with Crippen LogP contribution in [0.5, 0.6) is 0 Å². The van der Waals surface area contributed by atoms with Gasteiger partial charge in [0, 0.05) is 51.9 Å². The molecule has 0 spiro atoms. The van der Waals surface area contributed by atoms with Crippen molar-refractivity contribution in [3.8, 4) is 11.5 Å². The Kier molecular flexibility index (Phi) is 6.39. The summed E-state index contributed by atoms with van der Waals surface area (Å²) in [5.41, 5.74) is 1.28. The van der Waals surface area contributed by atoms with Crippen LogP contribution >= 0.6 is 23.4 Å². The molecule has 29 heavy (non-hydrogen) atoms. The molecular formula is C19H22ClN7OS. The number of nitrogens with zero attached hydrogens (tertiary/aromatic N) is 7. The number of hydrogen-bond acceptors (Lipinski definition) is 8. The van der Waals surface area contributed by atoms with Crippen molar-refractivity contribution in [1.29, 1.82) is 0 Å². The van der Waals surface area contributed by atoms with Crippen LogP contribution < -0.4 is 9.80 Å². The summed E-state index contributed by atoms with van der Waals surface area (Å²) >= 11 is 7.21. The first-order chi connectivity index (χ1) is 13.8. The van der Waals surface area contributed by atoms with Crippen LogP contribution in [0.15, 0.2) is 35.5 Å². The fraction of sp³-hybridized carbons (Fsp3) is 0.316. The molecule has 0 unspecified atom stereocenters. The van der Waals surface area contributed by atoms with Gasteiger partial charge in [0.2, 0.25) is 5.95 Å². The largest absolute Gasteiger partial charge is 0.363 e. The molecule has 0 N–H and O–H groups in total. The van der Waals surface area contributed by atoms with Crippen molar-refractivity contribution >= 4 is 40.9 Å². The molecular weight excluding hydrogens is 410 g/mol. The highest BCUT2D eigenvalue weighted by Gasteiger charge is 2.17. The standard InChI is InChI=1S/C19H22ClN7OS/c1-25(2)16-10-14(21-18(22-16)26(3)4)17-23-24-19(27(17)5)29-11-15(28)12-6-8-13(20)9-7-12/h6-10H,11H2,1-5H3. The Hall–Kier alpha value is -2.65. The molecule has 3 aromatic rings. The number of Topliss-reactive ketones (excluding diaryl/α,β-unsaturated/α-hetero) is 1. The van der Waals surface area contributed by atoms with Gasteiger partial charge in [-0.05, 0) is 24.3 Å². The predicted molar refractivity (Wildman–Crippen MR) is 117 cm³/mol. The van der Waals surface area contributed by atoms with E-state index in [1.807, 2.05) is 55.7 Å². The molecule has 2 aromatic heterocycles. The Morgan fingerprint density at radius 2 is 1.76 bits per heavy atom. The number of aromatic nitrogens is 5. The zero-order chi connectivity index (χ0) is 21.1. The van der Waals surface area contributed by atoms with Crippen LogP contribution in [0.1, 0.15) is 10.4 Å². The third kappa shape index (κ3) is 4.86. The molecule has 0 fully saturated rings. The van der Waals surface area contributed by atoms with Crippen LogP contribution in [0, 0.1) is 0 Å². The molecule has 0 atom stereocenters. The van der Waals surface area contributed by atoms with E-state index in [9.17, 15) is 4.79 Å². The van der Waals surface area contributed by atoms with E-state index in [2.05, 4.69) is 20.2 Å². The molecule has 2 heterocycles. The van der Waals surface area contributed by atoms with Gasteiger partial charge in [0.1, 0.15) is 11.5 Å². The van der Waals surface area contributed by atoms with Crippen molar-refractivity contribution in [1.82, 2.24) is 24.7 Å². The average molecular weight is 432 g/mol. The van der Waals surface area contributed by atoms with E-state index in [4.69, 9.17) is 11.6 Å². The Balaban J connectivity index is 1.82. The summed E-state index contributed by atoms with van der Waals surface area (Å²) in [5.74, 6) is 2.22. The second-order valence-corrected chi connectivity index (χ2v) is 8.16. The molecule has 0 radical (unpaired) electrons. The Morgan fingerprint density at radius 1 is 1.07 bits per heavy atom. The van der Waals surface area contributed by atoms with Gasteiger partial charge >= 0.3 is 0 Å². The number of hydrogen-bond donors (Lipinski definition) is 0. The van der Waals surface area contributed by atoms with Crippen molar-refractivity contribution in [2.45, 2.75) is 5.16 Å². The molecule has 0 aliphatic rings. The lowest BCUT2D eigenvalue weighted by atomic mass is 10.1. The summed E-state index contributed by atoms with van der Waals surface area (Å²) in [6.07, 6.45) is 0. The Bertz CT molecular complexity index is 992. The molecule has 152 valence electrons. The fourth-order valence-corrected chi connectivity index (χ4v) is 3.41. The van der Waals surface area contributed by atoms with Gasteiger partial charge in [0.05, 0.1) is 5.75 Å². The number of rotatable bonds is 7. The van der Waals surface area contributed by atoms with Gasteiger partial charge in [-0.1, -0.05) is 23.4 Å². The average Bonchev–Trinajstić information content (AvgIpc) is 3.06.